The van der Waals surface area contributed by atoms with Crippen LogP contribution in [0.2, 0.25) is 10.0 Å². The molecule has 210 valence electrons. The lowest BCUT2D eigenvalue weighted by atomic mass is 10.1. The lowest BCUT2D eigenvalue weighted by molar-refractivity contribution is -0.140. The second kappa shape index (κ2) is 13.9. The van der Waals surface area contributed by atoms with Gasteiger partial charge in [0.1, 0.15) is 12.6 Å². The lowest BCUT2D eigenvalue weighted by Gasteiger charge is -2.33. The molecule has 2 aromatic carbocycles. The Labute approximate surface area is 235 Å². The second-order valence-corrected chi connectivity index (χ2v) is 11.5. The van der Waals surface area contributed by atoms with Crippen molar-refractivity contribution in [2.75, 3.05) is 31.3 Å². The third-order valence-corrected chi connectivity index (χ3v) is 7.96. The van der Waals surface area contributed by atoms with Gasteiger partial charge in [0.05, 0.1) is 26.2 Å². The van der Waals surface area contributed by atoms with Gasteiger partial charge in [-0.05, 0) is 44.0 Å². The number of sulfonamides is 1. The van der Waals surface area contributed by atoms with Gasteiger partial charge in [-0.1, -0.05) is 43.1 Å². The molecule has 0 aliphatic heterocycles. The Balaban J connectivity index is 2.55. The largest absolute Gasteiger partial charge is 0.493 e. The van der Waals surface area contributed by atoms with Gasteiger partial charge in [0.2, 0.25) is 21.8 Å². The van der Waals surface area contributed by atoms with Crippen LogP contribution < -0.4 is 19.1 Å². The number of nitrogens with one attached hydrogen (secondary N) is 1. The summed E-state index contributed by atoms with van der Waals surface area (Å²) in [6.07, 6.45) is 1.98. The molecule has 9 nitrogen and oxygen atoms in total. The van der Waals surface area contributed by atoms with Crippen molar-refractivity contribution in [2.24, 2.45) is 0 Å². The molecule has 0 saturated heterocycles. The first-order valence-electron chi connectivity index (χ1n) is 12.1. The smallest absolute Gasteiger partial charge is 0.244 e. The van der Waals surface area contributed by atoms with E-state index in [1.165, 1.54) is 31.3 Å². The quantitative estimate of drug-likeness (QED) is 0.370. The van der Waals surface area contributed by atoms with Crippen molar-refractivity contribution < 1.29 is 27.5 Å². The van der Waals surface area contributed by atoms with E-state index in [-0.39, 0.29) is 30.6 Å². The van der Waals surface area contributed by atoms with E-state index in [2.05, 4.69) is 5.32 Å². The molecule has 2 amide bonds. The fourth-order valence-electron chi connectivity index (χ4n) is 3.81. The average Bonchev–Trinajstić information content (AvgIpc) is 2.87. The van der Waals surface area contributed by atoms with Crippen LogP contribution in [-0.4, -0.2) is 64.2 Å². The van der Waals surface area contributed by atoms with Crippen LogP contribution in [-0.2, 0) is 26.2 Å². The Hall–Kier alpha value is -2.69. The van der Waals surface area contributed by atoms with Gasteiger partial charge in [-0.2, -0.15) is 0 Å². The summed E-state index contributed by atoms with van der Waals surface area (Å²) in [5, 5.41) is 3.57. The number of carbonyl (C=O) groups excluding carboxylic acids is 2. The highest BCUT2D eigenvalue weighted by Crippen LogP contribution is 2.33. The first-order chi connectivity index (χ1) is 17.9. The highest BCUT2D eigenvalue weighted by molar-refractivity contribution is 7.92. The van der Waals surface area contributed by atoms with E-state index in [0.717, 1.165) is 10.6 Å². The van der Waals surface area contributed by atoms with Crippen molar-refractivity contribution in [1.29, 1.82) is 0 Å². The molecule has 0 aliphatic carbocycles. The number of amides is 2. The zero-order valence-corrected chi connectivity index (χ0v) is 24.8. The van der Waals surface area contributed by atoms with Crippen LogP contribution in [0.4, 0.5) is 5.69 Å². The summed E-state index contributed by atoms with van der Waals surface area (Å²) >= 11 is 12.8. The second-order valence-electron chi connectivity index (χ2n) is 8.77. The molecule has 0 spiro atoms. The van der Waals surface area contributed by atoms with E-state index in [1.54, 1.807) is 31.2 Å². The zero-order chi connectivity index (χ0) is 28.6. The molecular formula is C26H35Cl2N3O6S. The van der Waals surface area contributed by atoms with Gasteiger partial charge < -0.3 is 19.7 Å². The molecule has 12 heteroatoms. The molecule has 0 aromatic heterocycles. The van der Waals surface area contributed by atoms with Crippen molar-refractivity contribution in [3.05, 3.63) is 52.0 Å². The number of carbonyl (C=O) groups is 2. The summed E-state index contributed by atoms with van der Waals surface area (Å²) in [6, 6.07) is 8.47. The maximum Gasteiger partial charge on any atom is 0.244 e. The Morgan fingerprint density at radius 3 is 2.11 bits per heavy atom. The van der Waals surface area contributed by atoms with Crippen molar-refractivity contribution in [1.82, 2.24) is 10.2 Å². The van der Waals surface area contributed by atoms with Gasteiger partial charge in [-0.25, -0.2) is 8.42 Å². The molecule has 2 atom stereocenters. The molecule has 0 unspecified atom stereocenters. The van der Waals surface area contributed by atoms with Crippen LogP contribution in [0.25, 0.3) is 0 Å². The molecule has 0 bridgehead atoms. The van der Waals surface area contributed by atoms with Gasteiger partial charge in [0.15, 0.2) is 11.5 Å². The third-order valence-electron chi connectivity index (χ3n) is 6.11. The lowest BCUT2D eigenvalue weighted by Crippen LogP contribution is -2.53. The highest BCUT2D eigenvalue weighted by atomic mass is 35.5. The van der Waals surface area contributed by atoms with Crippen LogP contribution in [0.5, 0.6) is 11.5 Å². The normalized spacial score (nSPS) is 12.8. The van der Waals surface area contributed by atoms with E-state index in [4.69, 9.17) is 32.7 Å². The first kappa shape index (κ1) is 31.5. The number of anilines is 1. The van der Waals surface area contributed by atoms with Crippen LogP contribution in [0.15, 0.2) is 36.4 Å². The molecule has 2 rings (SSSR count). The molecule has 1 N–H and O–H groups in total. The Morgan fingerprint density at radius 2 is 1.61 bits per heavy atom. The summed E-state index contributed by atoms with van der Waals surface area (Å²) in [5.41, 5.74) is 0.655. The maximum absolute atomic E-state index is 13.8. The molecule has 2 aromatic rings. The minimum Gasteiger partial charge on any atom is -0.493 e. The predicted octanol–water partition coefficient (Wildman–Crippen LogP) is 4.50. The molecular weight excluding hydrogens is 553 g/mol. The SMILES string of the molecule is CC[C@H](C(=O)N[C@@H](C)CC)N(Cc1c(Cl)cccc1Cl)C(=O)CN(c1ccc(OC)c(OC)c1)S(C)(=O)=O. The molecule has 0 aliphatic rings. The van der Waals surface area contributed by atoms with Gasteiger partial charge in [-0.15, -0.1) is 0 Å². The average molecular weight is 589 g/mol. The standard InChI is InChI=1S/C26H35Cl2N3O6S/c1-7-17(3)29-26(33)22(8-2)30(15-19-20(27)10-9-11-21(19)28)25(32)16-31(38(6,34)35)18-12-13-23(36-4)24(14-18)37-5/h9-14,17,22H,7-8,15-16H2,1-6H3,(H,29,33)/t17-,22+/m0/s1. The fraction of sp³-hybridized carbons (Fsp3) is 0.462. The number of hydrogen-bond donors (Lipinski definition) is 1. The summed E-state index contributed by atoms with van der Waals surface area (Å²) in [7, 11) is -1.03. The Kier molecular flexibility index (Phi) is 11.5. The summed E-state index contributed by atoms with van der Waals surface area (Å²) < 4.78 is 37.2. The summed E-state index contributed by atoms with van der Waals surface area (Å²) in [6.45, 7) is 4.92. The molecule has 38 heavy (non-hydrogen) atoms. The van der Waals surface area contributed by atoms with Crippen LogP contribution in [0, 0.1) is 0 Å². The molecule has 0 radical (unpaired) electrons. The highest BCUT2D eigenvalue weighted by Gasteiger charge is 2.33. The van der Waals surface area contributed by atoms with Gasteiger partial charge in [-0.3, -0.25) is 13.9 Å². The fourth-order valence-corrected chi connectivity index (χ4v) is 5.17. The van der Waals surface area contributed by atoms with Gasteiger partial charge in [0, 0.05) is 34.3 Å². The maximum atomic E-state index is 13.8. The number of benzene rings is 2. The number of rotatable bonds is 13. The number of halogens is 2. The number of hydrogen-bond acceptors (Lipinski definition) is 6. The zero-order valence-electron chi connectivity index (χ0n) is 22.5. The van der Waals surface area contributed by atoms with Crippen molar-refractivity contribution >= 4 is 50.7 Å². The Bertz CT molecular complexity index is 1220. The van der Waals surface area contributed by atoms with Crippen molar-refractivity contribution in [3.8, 4) is 11.5 Å². The van der Waals surface area contributed by atoms with Crippen LogP contribution >= 0.6 is 23.2 Å². The molecule has 0 heterocycles. The van der Waals surface area contributed by atoms with E-state index >= 15 is 0 Å². The van der Waals surface area contributed by atoms with Crippen LogP contribution in [0.3, 0.4) is 0 Å². The first-order valence-corrected chi connectivity index (χ1v) is 14.7. The topological polar surface area (TPSA) is 105 Å². The molecule has 0 saturated carbocycles. The minimum atomic E-state index is -3.92. The van der Waals surface area contributed by atoms with E-state index in [1.807, 2.05) is 13.8 Å². The van der Waals surface area contributed by atoms with E-state index < -0.39 is 28.5 Å². The number of methoxy groups -OCH3 is 2. The summed E-state index contributed by atoms with van der Waals surface area (Å²) in [5.74, 6) is -0.258. The van der Waals surface area contributed by atoms with E-state index in [9.17, 15) is 18.0 Å². The molecule has 0 fully saturated rings. The number of ether oxygens (including phenoxy) is 2. The minimum absolute atomic E-state index is 0.0900. The van der Waals surface area contributed by atoms with Crippen LogP contribution in [0.1, 0.15) is 39.2 Å². The number of nitrogens with zero attached hydrogens (tertiary/aromatic N) is 2. The monoisotopic (exact) mass is 587 g/mol. The van der Waals surface area contributed by atoms with E-state index in [0.29, 0.717) is 33.5 Å². The summed E-state index contributed by atoms with van der Waals surface area (Å²) in [4.78, 5) is 28.4. The van der Waals surface area contributed by atoms with Gasteiger partial charge in [0.25, 0.3) is 0 Å². The predicted molar refractivity (Wildman–Crippen MR) is 151 cm³/mol. The van der Waals surface area contributed by atoms with Gasteiger partial charge >= 0.3 is 0 Å². The van der Waals surface area contributed by atoms with Crippen molar-refractivity contribution in [3.63, 3.8) is 0 Å². The van der Waals surface area contributed by atoms with Crippen molar-refractivity contribution in [2.45, 2.75) is 52.2 Å². The Morgan fingerprint density at radius 1 is 1.00 bits per heavy atom. The third kappa shape index (κ3) is 7.91.